The van der Waals surface area contributed by atoms with E-state index in [2.05, 4.69) is 20.7 Å². The first-order chi connectivity index (χ1) is 8.16. The van der Waals surface area contributed by atoms with E-state index in [-0.39, 0.29) is 11.9 Å². The molecular weight excluding hydrogens is 221 g/mol. The number of rotatable bonds is 4. The molecule has 0 fully saturated rings. The van der Waals surface area contributed by atoms with Gasteiger partial charge in [0, 0.05) is 11.6 Å². The van der Waals surface area contributed by atoms with Gasteiger partial charge >= 0.3 is 0 Å². The van der Waals surface area contributed by atoms with E-state index in [4.69, 9.17) is 0 Å². The first-order valence-electron chi connectivity index (χ1n) is 5.37. The third-order valence-electron chi connectivity index (χ3n) is 2.49. The molecule has 0 unspecified atom stereocenters. The summed E-state index contributed by atoms with van der Waals surface area (Å²) in [5, 5.41) is 14.8. The summed E-state index contributed by atoms with van der Waals surface area (Å²) in [7, 11) is 1.71. The Bertz CT molecular complexity index is 496. The summed E-state index contributed by atoms with van der Waals surface area (Å²) in [5.74, 6) is 0.385. The first-order valence-corrected chi connectivity index (χ1v) is 5.37. The number of nitrogens with zero attached hydrogens (tertiary/aromatic N) is 4. The van der Waals surface area contributed by atoms with Crippen LogP contribution in [0.5, 0.6) is 0 Å². The van der Waals surface area contributed by atoms with Crippen molar-refractivity contribution < 1.29 is 4.39 Å². The van der Waals surface area contributed by atoms with Crippen molar-refractivity contribution >= 4 is 0 Å². The van der Waals surface area contributed by atoms with Gasteiger partial charge in [-0.05, 0) is 18.2 Å². The van der Waals surface area contributed by atoms with Gasteiger partial charge in [-0.15, -0.1) is 10.2 Å². The van der Waals surface area contributed by atoms with Crippen molar-refractivity contribution in [2.75, 3.05) is 0 Å². The molecule has 0 spiro atoms. The van der Waals surface area contributed by atoms with Gasteiger partial charge < -0.3 is 5.32 Å². The second kappa shape index (κ2) is 5.01. The molecule has 90 valence electrons. The number of hydrogen-bond donors (Lipinski definition) is 1. The van der Waals surface area contributed by atoms with Crippen LogP contribution in [0, 0.1) is 5.82 Å². The summed E-state index contributed by atoms with van der Waals surface area (Å²) in [6, 6.07) is 6.61. The van der Waals surface area contributed by atoms with Crippen LogP contribution in [0.3, 0.4) is 0 Å². The minimum absolute atomic E-state index is 0.0972. The Kier molecular flexibility index (Phi) is 3.43. The molecule has 1 heterocycles. The highest BCUT2D eigenvalue weighted by Crippen LogP contribution is 2.15. The van der Waals surface area contributed by atoms with Crippen molar-refractivity contribution in [2.45, 2.75) is 19.5 Å². The van der Waals surface area contributed by atoms with Crippen molar-refractivity contribution in [3.05, 3.63) is 41.5 Å². The molecular formula is C11H14FN5. The molecule has 0 saturated heterocycles. The van der Waals surface area contributed by atoms with Gasteiger partial charge in [-0.25, -0.2) is 4.39 Å². The lowest BCUT2D eigenvalue weighted by molar-refractivity contribution is 0.518. The van der Waals surface area contributed by atoms with Crippen LogP contribution in [0.2, 0.25) is 0 Å². The molecule has 1 aromatic carbocycles. The molecule has 0 aliphatic heterocycles. The summed E-state index contributed by atoms with van der Waals surface area (Å²) in [4.78, 5) is 1.39. The van der Waals surface area contributed by atoms with Crippen LogP contribution in [0.1, 0.15) is 24.4 Å². The lowest BCUT2D eigenvalue weighted by atomic mass is 10.1. The molecule has 5 nitrogen and oxygen atoms in total. The second-order valence-electron chi connectivity index (χ2n) is 3.82. The molecule has 6 heteroatoms. The molecule has 0 aliphatic carbocycles. The van der Waals surface area contributed by atoms with E-state index in [1.165, 1.54) is 10.9 Å². The smallest absolute Gasteiger partial charge is 0.188 e. The summed E-state index contributed by atoms with van der Waals surface area (Å²) in [6.07, 6.45) is 0. The molecule has 0 amide bonds. The Balaban J connectivity index is 1.98. The molecule has 1 aromatic heterocycles. The number of aryl methyl sites for hydroxylation is 1. The number of nitrogens with one attached hydrogen (secondary N) is 1. The summed E-state index contributed by atoms with van der Waals surface area (Å²) in [5.41, 5.74) is 0.636. The van der Waals surface area contributed by atoms with E-state index in [1.807, 2.05) is 13.0 Å². The number of benzene rings is 1. The zero-order valence-corrected chi connectivity index (χ0v) is 9.76. The van der Waals surface area contributed by atoms with Gasteiger partial charge in [0.25, 0.3) is 0 Å². The fourth-order valence-corrected chi connectivity index (χ4v) is 1.57. The van der Waals surface area contributed by atoms with Gasteiger partial charge in [0.1, 0.15) is 5.82 Å². The molecule has 0 bridgehead atoms. The minimum Gasteiger partial charge on any atom is -0.303 e. The lowest BCUT2D eigenvalue weighted by Gasteiger charge is -2.13. The quantitative estimate of drug-likeness (QED) is 0.865. The number of hydrogen-bond acceptors (Lipinski definition) is 4. The SMILES string of the molecule is C[C@@H](NCc1nnn(C)n1)c1ccccc1F. The van der Waals surface area contributed by atoms with E-state index in [0.717, 1.165) is 0 Å². The third-order valence-corrected chi connectivity index (χ3v) is 2.49. The number of tetrazole rings is 1. The average molecular weight is 235 g/mol. The Hall–Kier alpha value is -1.82. The zero-order valence-electron chi connectivity index (χ0n) is 9.76. The van der Waals surface area contributed by atoms with E-state index < -0.39 is 0 Å². The molecule has 2 aromatic rings. The molecule has 2 rings (SSSR count). The van der Waals surface area contributed by atoms with Crippen LogP contribution >= 0.6 is 0 Å². The van der Waals surface area contributed by atoms with E-state index >= 15 is 0 Å². The predicted molar refractivity (Wildman–Crippen MR) is 60.5 cm³/mol. The van der Waals surface area contributed by atoms with Crippen LogP contribution in [0.4, 0.5) is 4.39 Å². The maximum absolute atomic E-state index is 13.5. The largest absolute Gasteiger partial charge is 0.303 e. The van der Waals surface area contributed by atoms with Crippen molar-refractivity contribution in [3.8, 4) is 0 Å². The number of halogens is 1. The molecule has 1 N–H and O–H groups in total. The van der Waals surface area contributed by atoms with Crippen LogP contribution in [-0.4, -0.2) is 20.2 Å². The highest BCUT2D eigenvalue weighted by molar-refractivity contribution is 5.20. The molecule has 1 atom stereocenters. The van der Waals surface area contributed by atoms with Crippen LogP contribution < -0.4 is 5.32 Å². The summed E-state index contributed by atoms with van der Waals surface area (Å²) < 4.78 is 13.5. The van der Waals surface area contributed by atoms with Gasteiger partial charge in [0.05, 0.1) is 13.6 Å². The zero-order chi connectivity index (χ0) is 12.3. The lowest BCUT2D eigenvalue weighted by Crippen LogP contribution is -2.20. The van der Waals surface area contributed by atoms with Gasteiger partial charge in [0.15, 0.2) is 5.82 Å². The molecule has 17 heavy (non-hydrogen) atoms. The monoisotopic (exact) mass is 235 g/mol. The van der Waals surface area contributed by atoms with E-state index in [9.17, 15) is 4.39 Å². The van der Waals surface area contributed by atoms with Gasteiger partial charge in [-0.1, -0.05) is 18.2 Å². The maximum Gasteiger partial charge on any atom is 0.188 e. The maximum atomic E-state index is 13.5. The second-order valence-corrected chi connectivity index (χ2v) is 3.82. The normalized spacial score (nSPS) is 12.6. The fraction of sp³-hybridized carbons (Fsp3) is 0.364. The standard InChI is InChI=1S/C11H14FN5/c1-8(9-5-3-4-6-10(9)12)13-7-11-14-16-17(2)15-11/h3-6,8,13H,7H2,1-2H3/t8-/m1/s1. The highest BCUT2D eigenvalue weighted by atomic mass is 19.1. The van der Waals surface area contributed by atoms with Crippen molar-refractivity contribution in [1.82, 2.24) is 25.5 Å². The Morgan fingerprint density at radius 1 is 1.41 bits per heavy atom. The first kappa shape index (κ1) is 11.7. The minimum atomic E-state index is -0.209. The molecule has 0 saturated carbocycles. The fourth-order valence-electron chi connectivity index (χ4n) is 1.57. The van der Waals surface area contributed by atoms with Crippen LogP contribution in [-0.2, 0) is 13.6 Å². The average Bonchev–Trinajstić information content (AvgIpc) is 2.73. The van der Waals surface area contributed by atoms with Crippen LogP contribution in [0.25, 0.3) is 0 Å². The van der Waals surface area contributed by atoms with Crippen molar-refractivity contribution in [3.63, 3.8) is 0 Å². The Morgan fingerprint density at radius 3 is 2.82 bits per heavy atom. The van der Waals surface area contributed by atoms with E-state index in [0.29, 0.717) is 17.9 Å². The van der Waals surface area contributed by atoms with Crippen LogP contribution in [0.15, 0.2) is 24.3 Å². The van der Waals surface area contributed by atoms with Crippen molar-refractivity contribution in [1.29, 1.82) is 0 Å². The topological polar surface area (TPSA) is 55.6 Å². The van der Waals surface area contributed by atoms with Gasteiger partial charge in [0.2, 0.25) is 0 Å². The third kappa shape index (κ3) is 2.85. The number of aromatic nitrogens is 4. The van der Waals surface area contributed by atoms with Gasteiger partial charge in [-0.2, -0.15) is 4.80 Å². The summed E-state index contributed by atoms with van der Waals surface area (Å²) in [6.45, 7) is 2.36. The molecule has 0 radical (unpaired) electrons. The van der Waals surface area contributed by atoms with Gasteiger partial charge in [-0.3, -0.25) is 0 Å². The summed E-state index contributed by atoms with van der Waals surface area (Å²) >= 11 is 0. The van der Waals surface area contributed by atoms with E-state index in [1.54, 1.807) is 19.2 Å². The predicted octanol–water partition coefficient (Wildman–Crippen LogP) is 1.20. The Labute approximate surface area is 98.6 Å². The molecule has 0 aliphatic rings. The Morgan fingerprint density at radius 2 is 2.18 bits per heavy atom. The van der Waals surface area contributed by atoms with Crippen molar-refractivity contribution in [2.24, 2.45) is 7.05 Å². The highest BCUT2D eigenvalue weighted by Gasteiger charge is 2.10.